The number of carbonyl (C=O) groups excluding carboxylic acids is 3. The SMILES string of the molecule is CCCCCC(=O)OCC(=O)[C@H]1[C@H](C)C[C@H]2[C@@H]3C[C@H](F)C4=CC(=O)C=C[C@]4(C)[C@]3(Cl)[C@@H](O)C[C@@]21C. The van der Waals surface area contributed by atoms with Crippen LogP contribution in [0, 0.1) is 34.5 Å². The summed E-state index contributed by atoms with van der Waals surface area (Å²) in [7, 11) is 0. The van der Waals surface area contributed by atoms with Crippen molar-refractivity contribution in [3.63, 3.8) is 0 Å². The van der Waals surface area contributed by atoms with Crippen molar-refractivity contribution in [1.29, 1.82) is 0 Å². The van der Waals surface area contributed by atoms with E-state index in [4.69, 9.17) is 16.3 Å². The maximum atomic E-state index is 15.6. The molecule has 4 aliphatic rings. The second kappa shape index (κ2) is 9.41. The number of fused-ring (bicyclic) bond motifs is 5. The first kappa shape index (κ1) is 26.5. The molecule has 0 aromatic heterocycles. The van der Waals surface area contributed by atoms with Crippen LogP contribution in [0.4, 0.5) is 4.39 Å². The van der Waals surface area contributed by atoms with Crippen LogP contribution in [-0.2, 0) is 19.1 Å². The van der Waals surface area contributed by atoms with Gasteiger partial charge >= 0.3 is 5.97 Å². The molecule has 0 amide bonds. The molecule has 9 atom stereocenters. The van der Waals surface area contributed by atoms with Gasteiger partial charge in [-0.3, -0.25) is 14.4 Å². The van der Waals surface area contributed by atoms with Crippen LogP contribution in [0.3, 0.4) is 0 Å². The predicted molar refractivity (Wildman–Crippen MR) is 132 cm³/mol. The van der Waals surface area contributed by atoms with E-state index < -0.39 is 33.9 Å². The minimum Gasteiger partial charge on any atom is -0.458 e. The first-order chi connectivity index (χ1) is 16.4. The van der Waals surface area contributed by atoms with Crippen molar-refractivity contribution in [2.24, 2.45) is 34.5 Å². The Hall–Kier alpha value is -1.53. The molecule has 4 rings (SSSR count). The highest BCUT2D eigenvalue weighted by molar-refractivity contribution is 6.26. The van der Waals surface area contributed by atoms with Gasteiger partial charge in [-0.25, -0.2) is 4.39 Å². The van der Waals surface area contributed by atoms with Crippen LogP contribution in [0.15, 0.2) is 23.8 Å². The van der Waals surface area contributed by atoms with E-state index in [0.717, 1.165) is 19.3 Å². The Morgan fingerprint density at radius 1 is 1.23 bits per heavy atom. The number of aliphatic hydroxyl groups is 1. The number of carbonyl (C=O) groups is 3. The zero-order chi connectivity index (χ0) is 25.8. The fourth-order valence-corrected chi connectivity index (χ4v) is 8.58. The van der Waals surface area contributed by atoms with Crippen LogP contribution >= 0.6 is 11.6 Å². The number of unbranched alkanes of at least 4 members (excludes halogenated alkanes) is 2. The lowest BCUT2D eigenvalue weighted by molar-refractivity contribution is -0.153. The number of allylic oxidation sites excluding steroid dienone is 4. The fourth-order valence-electron chi connectivity index (χ4n) is 8.09. The highest BCUT2D eigenvalue weighted by Crippen LogP contribution is 2.70. The van der Waals surface area contributed by atoms with Crippen LogP contribution in [0.2, 0.25) is 0 Å². The molecule has 0 saturated heterocycles. The Morgan fingerprint density at radius 3 is 2.63 bits per heavy atom. The number of hydrogen-bond acceptors (Lipinski definition) is 5. The molecular formula is C28H38ClFO5. The van der Waals surface area contributed by atoms with Gasteiger partial charge in [0.2, 0.25) is 0 Å². The predicted octanol–water partition coefficient (Wildman–Crippen LogP) is 5.13. The zero-order valence-corrected chi connectivity index (χ0v) is 21.9. The number of ether oxygens (including phenoxy) is 1. The monoisotopic (exact) mass is 508 g/mol. The fraction of sp³-hybridized carbons (Fsp3) is 0.750. The lowest BCUT2D eigenvalue weighted by Gasteiger charge is -2.63. The lowest BCUT2D eigenvalue weighted by Crippen LogP contribution is -2.67. The summed E-state index contributed by atoms with van der Waals surface area (Å²) in [5.41, 5.74) is -1.24. The first-order valence-corrected chi connectivity index (χ1v) is 13.4. The number of halogens is 2. The molecule has 0 spiro atoms. The van der Waals surface area contributed by atoms with Gasteiger partial charge in [-0.15, -0.1) is 11.6 Å². The summed E-state index contributed by atoms with van der Waals surface area (Å²) in [5, 5.41) is 11.6. The minimum absolute atomic E-state index is 0.00575. The van der Waals surface area contributed by atoms with E-state index in [0.29, 0.717) is 24.8 Å². The van der Waals surface area contributed by atoms with E-state index in [-0.39, 0.29) is 48.3 Å². The van der Waals surface area contributed by atoms with E-state index in [9.17, 15) is 19.5 Å². The Bertz CT molecular complexity index is 961. The summed E-state index contributed by atoms with van der Waals surface area (Å²) >= 11 is 7.35. The number of rotatable bonds is 7. The van der Waals surface area contributed by atoms with Gasteiger partial charge in [-0.05, 0) is 66.6 Å². The van der Waals surface area contributed by atoms with Crippen LogP contribution < -0.4 is 0 Å². The number of ketones is 2. The standard InChI is InChI=1S/C28H38ClFO5/c1-5-6-7-8-24(34)35-15-22(32)25-16(2)11-18-19-13-21(30)20-12-17(31)9-10-27(20,4)28(19,29)23(33)14-26(18,25)3/h9-10,12,16,18-19,21,23,25,33H,5-8,11,13-15H2,1-4H3/t16-,18+,19+,21+,23+,25-,26+,27+,28-/m1/s1. The Kier molecular flexibility index (Phi) is 7.13. The molecule has 0 aromatic rings. The highest BCUT2D eigenvalue weighted by atomic mass is 35.5. The van der Waals surface area contributed by atoms with Gasteiger partial charge in [0.15, 0.2) is 11.6 Å². The number of Topliss-reactive ketones (excluding diaryl/α,β-unsaturated/α-hetero) is 1. The van der Waals surface area contributed by atoms with E-state index in [1.807, 2.05) is 20.8 Å². The Labute approximate surface area is 212 Å². The molecule has 0 radical (unpaired) electrons. The molecule has 0 heterocycles. The quantitative estimate of drug-likeness (QED) is 0.293. The largest absolute Gasteiger partial charge is 0.458 e. The van der Waals surface area contributed by atoms with Crippen LogP contribution in [-0.4, -0.2) is 46.4 Å². The van der Waals surface area contributed by atoms with Crippen molar-refractivity contribution in [3.05, 3.63) is 23.8 Å². The van der Waals surface area contributed by atoms with Crippen molar-refractivity contribution in [2.45, 2.75) is 89.8 Å². The summed E-state index contributed by atoms with van der Waals surface area (Å²) in [6.07, 6.45) is 6.18. The average Bonchev–Trinajstić information content (AvgIpc) is 3.05. The molecule has 35 heavy (non-hydrogen) atoms. The molecule has 4 aliphatic carbocycles. The van der Waals surface area contributed by atoms with Gasteiger partial charge in [0.1, 0.15) is 12.8 Å². The van der Waals surface area contributed by atoms with Gasteiger partial charge in [-0.2, -0.15) is 0 Å². The maximum absolute atomic E-state index is 15.6. The second-order valence-electron chi connectivity index (χ2n) is 11.7. The maximum Gasteiger partial charge on any atom is 0.306 e. The molecule has 3 fully saturated rings. The Balaban J connectivity index is 1.59. The van der Waals surface area contributed by atoms with E-state index in [1.54, 1.807) is 6.08 Å². The molecule has 3 saturated carbocycles. The molecule has 0 bridgehead atoms. The third-order valence-corrected chi connectivity index (χ3v) is 10.6. The lowest BCUT2D eigenvalue weighted by atomic mass is 9.46. The highest BCUT2D eigenvalue weighted by Gasteiger charge is 2.71. The summed E-state index contributed by atoms with van der Waals surface area (Å²) in [5.74, 6) is -1.62. The van der Waals surface area contributed by atoms with Crippen molar-refractivity contribution >= 4 is 29.1 Å². The van der Waals surface area contributed by atoms with Crippen molar-refractivity contribution in [1.82, 2.24) is 0 Å². The third kappa shape index (κ3) is 4.03. The van der Waals surface area contributed by atoms with Crippen molar-refractivity contribution in [3.8, 4) is 0 Å². The van der Waals surface area contributed by atoms with Gasteiger partial charge in [0, 0.05) is 17.8 Å². The van der Waals surface area contributed by atoms with Gasteiger partial charge in [0.05, 0.1) is 11.0 Å². The van der Waals surface area contributed by atoms with Gasteiger partial charge in [0.25, 0.3) is 0 Å². The van der Waals surface area contributed by atoms with Crippen LogP contribution in [0.5, 0.6) is 0 Å². The molecule has 7 heteroatoms. The number of hydrogen-bond donors (Lipinski definition) is 1. The number of aliphatic hydroxyl groups excluding tert-OH is 1. The number of alkyl halides is 2. The van der Waals surface area contributed by atoms with E-state index in [2.05, 4.69) is 6.92 Å². The minimum atomic E-state index is -1.34. The molecule has 194 valence electrons. The Morgan fingerprint density at radius 2 is 1.94 bits per heavy atom. The summed E-state index contributed by atoms with van der Waals surface area (Å²) < 4.78 is 20.9. The molecular weight excluding hydrogens is 471 g/mol. The molecule has 0 unspecified atom stereocenters. The topological polar surface area (TPSA) is 80.7 Å². The number of esters is 1. The molecule has 0 aliphatic heterocycles. The van der Waals surface area contributed by atoms with Crippen molar-refractivity contribution < 1.29 is 28.6 Å². The van der Waals surface area contributed by atoms with Crippen molar-refractivity contribution in [2.75, 3.05) is 6.61 Å². The first-order valence-electron chi connectivity index (χ1n) is 13.0. The smallest absolute Gasteiger partial charge is 0.306 e. The molecule has 0 aromatic carbocycles. The second-order valence-corrected chi connectivity index (χ2v) is 12.3. The summed E-state index contributed by atoms with van der Waals surface area (Å²) in [6.45, 7) is 7.63. The summed E-state index contributed by atoms with van der Waals surface area (Å²) in [6, 6.07) is 0. The average molecular weight is 509 g/mol. The van der Waals surface area contributed by atoms with Crippen LogP contribution in [0.1, 0.15) is 72.6 Å². The van der Waals surface area contributed by atoms with Gasteiger partial charge < -0.3 is 9.84 Å². The molecule has 5 nitrogen and oxygen atoms in total. The van der Waals surface area contributed by atoms with E-state index >= 15 is 4.39 Å². The zero-order valence-electron chi connectivity index (χ0n) is 21.2. The van der Waals surface area contributed by atoms with E-state index in [1.165, 1.54) is 12.2 Å². The van der Waals surface area contributed by atoms with Crippen LogP contribution in [0.25, 0.3) is 0 Å². The third-order valence-electron chi connectivity index (χ3n) is 9.68. The normalized spacial score (nSPS) is 44.2. The molecule has 1 N–H and O–H groups in total. The summed E-state index contributed by atoms with van der Waals surface area (Å²) in [4.78, 5) is 36.3. The van der Waals surface area contributed by atoms with Gasteiger partial charge in [-0.1, -0.05) is 46.6 Å².